The lowest BCUT2D eigenvalue weighted by Crippen LogP contribution is -2.25. The molecule has 0 bridgehead atoms. The number of nitrogens with zero attached hydrogens (tertiary/aromatic N) is 3. The van der Waals surface area contributed by atoms with Crippen LogP contribution >= 0.6 is 12.4 Å². The van der Waals surface area contributed by atoms with Gasteiger partial charge in [-0.05, 0) is 37.1 Å². The molecule has 2 saturated heterocycles. The number of fused-ring (bicyclic) bond motifs is 1. The molecule has 0 aliphatic carbocycles. The maximum Gasteiger partial charge on any atom is 0.0645 e. The molecule has 3 heterocycles. The lowest BCUT2D eigenvalue weighted by Gasteiger charge is -2.15. The van der Waals surface area contributed by atoms with E-state index < -0.39 is 0 Å². The van der Waals surface area contributed by atoms with E-state index in [1.807, 2.05) is 29.1 Å². The van der Waals surface area contributed by atoms with Crippen LogP contribution in [0.4, 0.5) is 0 Å². The Morgan fingerprint density at radius 2 is 1.81 bits per heavy atom. The van der Waals surface area contributed by atoms with Gasteiger partial charge in [0.2, 0.25) is 0 Å². The molecule has 21 heavy (non-hydrogen) atoms. The molecule has 1 N–H and O–H groups in total. The minimum absolute atomic E-state index is 0. The summed E-state index contributed by atoms with van der Waals surface area (Å²) < 4.78 is 1.97. The molecule has 112 valence electrons. The zero-order chi connectivity index (χ0) is 13.4. The number of benzene rings is 1. The second kappa shape index (κ2) is 6.18. The van der Waals surface area contributed by atoms with E-state index in [0.717, 1.165) is 24.1 Å². The number of rotatable bonds is 3. The van der Waals surface area contributed by atoms with E-state index in [0.29, 0.717) is 0 Å². The number of likely N-dealkylation sites (tertiary alicyclic amines) is 1. The van der Waals surface area contributed by atoms with E-state index in [1.165, 1.54) is 31.7 Å². The highest BCUT2D eigenvalue weighted by Gasteiger charge is 2.35. The van der Waals surface area contributed by atoms with Gasteiger partial charge >= 0.3 is 0 Å². The summed E-state index contributed by atoms with van der Waals surface area (Å²) in [6.45, 7) is 5.89. The van der Waals surface area contributed by atoms with Crippen LogP contribution < -0.4 is 5.32 Å². The van der Waals surface area contributed by atoms with Crippen LogP contribution in [0.1, 0.15) is 5.56 Å². The first-order valence-electron chi connectivity index (χ1n) is 7.40. The zero-order valence-corrected chi connectivity index (χ0v) is 12.8. The van der Waals surface area contributed by atoms with E-state index in [-0.39, 0.29) is 12.4 Å². The lowest BCUT2D eigenvalue weighted by atomic mass is 10.0. The number of halogens is 1. The summed E-state index contributed by atoms with van der Waals surface area (Å²) in [7, 11) is 0. The quantitative estimate of drug-likeness (QED) is 0.941. The van der Waals surface area contributed by atoms with Gasteiger partial charge in [0.1, 0.15) is 0 Å². The van der Waals surface area contributed by atoms with Gasteiger partial charge < -0.3 is 5.32 Å². The maximum absolute atomic E-state index is 4.48. The minimum Gasteiger partial charge on any atom is -0.316 e. The summed E-state index contributed by atoms with van der Waals surface area (Å²) in [5, 5.41) is 7.97. The highest BCUT2D eigenvalue weighted by Crippen LogP contribution is 2.27. The number of aromatic nitrogens is 2. The van der Waals surface area contributed by atoms with Crippen LogP contribution in [-0.2, 0) is 6.54 Å². The van der Waals surface area contributed by atoms with Crippen LogP contribution in [0.5, 0.6) is 0 Å². The van der Waals surface area contributed by atoms with Crippen LogP contribution in [0.2, 0.25) is 0 Å². The van der Waals surface area contributed by atoms with Crippen molar-refractivity contribution in [1.29, 1.82) is 0 Å². The van der Waals surface area contributed by atoms with Crippen LogP contribution in [-0.4, -0.2) is 40.9 Å². The smallest absolute Gasteiger partial charge is 0.0645 e. The first-order valence-corrected chi connectivity index (χ1v) is 7.40. The van der Waals surface area contributed by atoms with E-state index in [1.54, 1.807) is 0 Å². The third-order valence-corrected chi connectivity index (χ3v) is 4.53. The van der Waals surface area contributed by atoms with Crippen molar-refractivity contribution in [3.63, 3.8) is 0 Å². The van der Waals surface area contributed by atoms with E-state index in [4.69, 9.17) is 0 Å². The summed E-state index contributed by atoms with van der Waals surface area (Å²) in [6.07, 6.45) is 4.15. The summed E-state index contributed by atoms with van der Waals surface area (Å²) in [5.74, 6) is 1.72. The van der Waals surface area contributed by atoms with E-state index in [9.17, 15) is 0 Å². The minimum atomic E-state index is 0. The molecule has 0 spiro atoms. The van der Waals surface area contributed by atoms with Gasteiger partial charge in [-0.15, -0.1) is 12.4 Å². The normalized spacial score (nSPS) is 24.8. The van der Waals surface area contributed by atoms with Crippen molar-refractivity contribution in [1.82, 2.24) is 20.0 Å². The summed E-state index contributed by atoms with van der Waals surface area (Å²) >= 11 is 0. The second-order valence-corrected chi connectivity index (χ2v) is 6.00. The number of nitrogens with one attached hydrogen (secondary N) is 1. The van der Waals surface area contributed by atoms with Gasteiger partial charge in [0.05, 0.1) is 11.9 Å². The topological polar surface area (TPSA) is 33.1 Å². The monoisotopic (exact) mass is 304 g/mol. The fourth-order valence-corrected chi connectivity index (χ4v) is 3.50. The molecule has 0 saturated carbocycles. The maximum atomic E-state index is 4.48. The molecule has 2 aliphatic heterocycles. The van der Waals surface area contributed by atoms with Gasteiger partial charge in [0.15, 0.2) is 0 Å². The van der Waals surface area contributed by atoms with Crippen molar-refractivity contribution >= 4 is 12.4 Å². The number of hydrogen-bond acceptors (Lipinski definition) is 3. The molecule has 0 radical (unpaired) electrons. The molecular formula is C16H21ClN4. The van der Waals surface area contributed by atoms with E-state index >= 15 is 0 Å². The van der Waals surface area contributed by atoms with Crippen molar-refractivity contribution in [3.8, 4) is 5.69 Å². The average molecular weight is 305 g/mol. The summed E-state index contributed by atoms with van der Waals surface area (Å²) in [6, 6.07) is 10.3. The number of hydrogen-bond donors (Lipinski definition) is 1. The Balaban J connectivity index is 0.00000132. The summed E-state index contributed by atoms with van der Waals surface area (Å²) in [5.41, 5.74) is 2.43. The molecule has 0 amide bonds. The second-order valence-electron chi connectivity index (χ2n) is 6.00. The Labute approximate surface area is 131 Å². The standard InChI is InChI=1S/C16H20N4.ClH/c1-2-4-16(5-3-1)20-10-13(6-18-20)9-19-11-14-7-17-8-15(14)12-19;/h1-6,10,14-15,17H,7-9,11-12H2;1H/t14-,15+;. The van der Waals surface area contributed by atoms with Gasteiger partial charge in [0, 0.05) is 31.4 Å². The van der Waals surface area contributed by atoms with E-state index in [2.05, 4.69) is 33.6 Å². The Morgan fingerprint density at radius 1 is 1.10 bits per heavy atom. The van der Waals surface area contributed by atoms with Crippen molar-refractivity contribution in [3.05, 3.63) is 48.3 Å². The molecule has 4 rings (SSSR count). The van der Waals surface area contributed by atoms with Crippen molar-refractivity contribution in [2.45, 2.75) is 6.54 Å². The SMILES string of the molecule is Cl.c1ccc(-n2cc(CN3C[C@H]4CNC[C@H]4C3)cn2)cc1. The van der Waals surface area contributed by atoms with Crippen molar-refractivity contribution < 1.29 is 0 Å². The van der Waals surface area contributed by atoms with Crippen LogP contribution in [0.25, 0.3) is 5.69 Å². The largest absolute Gasteiger partial charge is 0.316 e. The Kier molecular flexibility index (Phi) is 4.29. The van der Waals surface area contributed by atoms with Gasteiger partial charge in [-0.2, -0.15) is 5.10 Å². The molecular weight excluding hydrogens is 284 g/mol. The average Bonchev–Trinajstić information content (AvgIpc) is 3.16. The van der Waals surface area contributed by atoms with Crippen LogP contribution in [0.3, 0.4) is 0 Å². The van der Waals surface area contributed by atoms with Crippen LogP contribution in [0.15, 0.2) is 42.7 Å². The highest BCUT2D eigenvalue weighted by molar-refractivity contribution is 5.85. The molecule has 2 aromatic rings. The molecule has 0 unspecified atom stereocenters. The lowest BCUT2D eigenvalue weighted by molar-refractivity contribution is 0.305. The highest BCUT2D eigenvalue weighted by atomic mass is 35.5. The molecule has 5 heteroatoms. The predicted molar refractivity (Wildman–Crippen MR) is 85.9 cm³/mol. The molecule has 4 nitrogen and oxygen atoms in total. The molecule has 1 aromatic heterocycles. The Hall–Kier alpha value is -1.36. The van der Waals surface area contributed by atoms with Crippen molar-refractivity contribution in [2.75, 3.05) is 26.2 Å². The molecule has 1 aromatic carbocycles. The Morgan fingerprint density at radius 3 is 2.52 bits per heavy atom. The molecule has 2 atom stereocenters. The first-order chi connectivity index (χ1) is 9.88. The third-order valence-electron chi connectivity index (χ3n) is 4.53. The predicted octanol–water partition coefficient (Wildman–Crippen LogP) is 1.95. The molecule has 2 fully saturated rings. The van der Waals surface area contributed by atoms with Gasteiger partial charge in [-0.25, -0.2) is 4.68 Å². The summed E-state index contributed by atoms with van der Waals surface area (Å²) in [4.78, 5) is 2.57. The van der Waals surface area contributed by atoms with Gasteiger partial charge in [-0.3, -0.25) is 4.90 Å². The van der Waals surface area contributed by atoms with Crippen LogP contribution in [0, 0.1) is 11.8 Å². The number of para-hydroxylation sites is 1. The first kappa shape index (κ1) is 14.6. The fourth-order valence-electron chi connectivity index (χ4n) is 3.50. The Bertz CT molecular complexity index is 571. The van der Waals surface area contributed by atoms with Gasteiger partial charge in [-0.1, -0.05) is 18.2 Å². The third kappa shape index (κ3) is 2.98. The van der Waals surface area contributed by atoms with Gasteiger partial charge in [0.25, 0.3) is 0 Å². The van der Waals surface area contributed by atoms with Crippen molar-refractivity contribution in [2.24, 2.45) is 11.8 Å². The fraction of sp³-hybridized carbons (Fsp3) is 0.438. The zero-order valence-electron chi connectivity index (χ0n) is 12.0. The molecule has 2 aliphatic rings.